The molecule has 0 fully saturated rings. The van der Waals surface area contributed by atoms with Crippen molar-refractivity contribution in [3.8, 4) is 11.3 Å². The number of aryl methyl sites for hydroxylation is 1. The Bertz CT molecular complexity index is 836. The summed E-state index contributed by atoms with van der Waals surface area (Å²) in [5.74, 6) is 0.570. The number of hydrogen-bond donors (Lipinski definition) is 0. The molecule has 0 saturated heterocycles. The molecule has 0 N–H and O–H groups in total. The van der Waals surface area contributed by atoms with Gasteiger partial charge in [-0.1, -0.05) is 11.6 Å². The summed E-state index contributed by atoms with van der Waals surface area (Å²) >= 11 is 5.92. The van der Waals surface area contributed by atoms with Crippen LogP contribution in [0, 0.1) is 6.92 Å². The molecule has 1 heterocycles. The fourth-order valence-electron chi connectivity index (χ4n) is 2.36. The normalized spacial score (nSPS) is 11.2. The van der Waals surface area contributed by atoms with Crippen molar-refractivity contribution in [2.45, 2.75) is 6.92 Å². The van der Waals surface area contributed by atoms with Gasteiger partial charge in [-0.25, -0.2) is 0 Å². The van der Waals surface area contributed by atoms with Gasteiger partial charge in [0.05, 0.1) is 5.02 Å². The summed E-state index contributed by atoms with van der Waals surface area (Å²) in [6, 6.07) is 9.17. The van der Waals surface area contributed by atoms with Crippen molar-refractivity contribution in [1.82, 2.24) is 0 Å². The quantitative estimate of drug-likeness (QED) is 0.636. The highest BCUT2D eigenvalue weighted by molar-refractivity contribution is 6.30. The molecule has 4 heteroatoms. The molecule has 0 bridgehead atoms. The summed E-state index contributed by atoms with van der Waals surface area (Å²) in [7, 11) is 3.95. The Morgan fingerprint density at radius 3 is 2.60 bits per heavy atom. The van der Waals surface area contributed by atoms with Crippen LogP contribution in [0.3, 0.4) is 0 Å². The molecule has 3 nitrogen and oxygen atoms in total. The van der Waals surface area contributed by atoms with Crippen LogP contribution in [0.1, 0.15) is 5.56 Å². The molecule has 1 aromatic carbocycles. The van der Waals surface area contributed by atoms with Crippen LogP contribution in [0.2, 0.25) is 5.02 Å². The molecule has 0 amide bonds. The number of hydrogen-bond acceptors (Lipinski definition) is 3. The monoisotopic (exact) mass is 287 g/mol. The van der Waals surface area contributed by atoms with Gasteiger partial charge in [0.25, 0.3) is 0 Å². The van der Waals surface area contributed by atoms with Crippen LogP contribution < -0.4 is 10.3 Å². The lowest BCUT2D eigenvalue weighted by molar-refractivity contribution is 0.617. The van der Waals surface area contributed by atoms with Gasteiger partial charge in [-0.15, -0.1) is 0 Å². The van der Waals surface area contributed by atoms with E-state index in [1.54, 1.807) is 6.07 Å². The zero-order valence-electron chi connectivity index (χ0n) is 11.5. The van der Waals surface area contributed by atoms with E-state index in [1.807, 2.05) is 44.1 Å². The maximum Gasteiger partial charge on any atom is 0.200 e. The third-order valence-electron chi connectivity index (χ3n) is 3.54. The predicted molar refractivity (Wildman–Crippen MR) is 83.2 cm³/mol. The van der Waals surface area contributed by atoms with Crippen molar-refractivity contribution in [2.24, 2.45) is 0 Å². The van der Waals surface area contributed by atoms with Gasteiger partial charge >= 0.3 is 0 Å². The van der Waals surface area contributed by atoms with E-state index in [4.69, 9.17) is 16.0 Å². The van der Waals surface area contributed by atoms with Crippen LogP contribution >= 0.6 is 11.6 Å². The number of benzene rings is 2. The van der Waals surface area contributed by atoms with Gasteiger partial charge in [0.1, 0.15) is 11.3 Å². The molecule has 0 unspecified atom stereocenters. The fraction of sp³-hybridized carbons (Fsp3) is 0.188. The van der Waals surface area contributed by atoms with Gasteiger partial charge in [-0.3, -0.25) is 4.79 Å². The highest BCUT2D eigenvalue weighted by Gasteiger charge is 2.15. The van der Waals surface area contributed by atoms with E-state index in [2.05, 4.69) is 0 Å². The molecule has 3 rings (SSSR count). The second-order valence-corrected chi connectivity index (χ2v) is 5.49. The molecule has 0 atom stereocenters. The molecule has 102 valence electrons. The third kappa shape index (κ3) is 1.95. The lowest BCUT2D eigenvalue weighted by atomic mass is 10.0. The Balaban J connectivity index is 2.42. The maximum atomic E-state index is 11.7. The number of nitrogens with zero attached hydrogens (tertiary/aromatic N) is 1. The van der Waals surface area contributed by atoms with Gasteiger partial charge in [0, 0.05) is 42.9 Å². The predicted octanol–water partition coefficient (Wildman–Crippen LogP) is 3.93. The van der Waals surface area contributed by atoms with Crippen molar-refractivity contribution >= 4 is 28.3 Å². The van der Waals surface area contributed by atoms with Crippen LogP contribution in [0.5, 0.6) is 0 Å². The summed E-state index contributed by atoms with van der Waals surface area (Å²) in [6.45, 7) is 2.01. The summed E-state index contributed by atoms with van der Waals surface area (Å²) in [4.78, 5) is 13.7. The summed E-state index contributed by atoms with van der Waals surface area (Å²) in [5.41, 5.74) is 3.54. The minimum atomic E-state index is -0.217. The van der Waals surface area contributed by atoms with E-state index in [-0.39, 0.29) is 10.5 Å². The van der Waals surface area contributed by atoms with Gasteiger partial charge < -0.3 is 9.32 Å². The molecular weight excluding hydrogens is 274 g/mol. The number of anilines is 1. The lowest BCUT2D eigenvalue weighted by Gasteiger charge is -2.16. The molecule has 0 radical (unpaired) electrons. The second kappa shape index (κ2) is 4.53. The number of fused-ring (bicyclic) bond motifs is 2. The first-order chi connectivity index (χ1) is 9.47. The number of halogens is 1. The zero-order chi connectivity index (χ0) is 14.4. The van der Waals surface area contributed by atoms with Gasteiger partial charge in [0.2, 0.25) is 5.43 Å². The first-order valence-corrected chi connectivity index (χ1v) is 6.69. The topological polar surface area (TPSA) is 33.5 Å². The molecule has 1 aromatic rings. The standard InChI is InChI=1S/C16H14ClNO2/c1-9-11-5-4-10(18(2)3)6-15(11)20-16-8-14(19)13(17)7-12(9)16/h4-8H,1-3H3. The first kappa shape index (κ1) is 13.0. The van der Waals surface area contributed by atoms with Crippen LogP contribution in [0.15, 0.2) is 39.5 Å². The molecule has 1 aliphatic carbocycles. The highest BCUT2D eigenvalue weighted by atomic mass is 35.5. The molecule has 0 spiro atoms. The maximum absolute atomic E-state index is 11.7. The van der Waals surface area contributed by atoms with Crippen molar-refractivity contribution in [1.29, 1.82) is 0 Å². The van der Waals surface area contributed by atoms with Crippen LogP contribution in [0.25, 0.3) is 22.3 Å². The lowest BCUT2D eigenvalue weighted by Crippen LogP contribution is -2.08. The zero-order valence-corrected chi connectivity index (χ0v) is 12.3. The van der Waals surface area contributed by atoms with E-state index in [0.29, 0.717) is 5.76 Å². The Labute approximate surface area is 121 Å². The van der Waals surface area contributed by atoms with E-state index < -0.39 is 0 Å². The Morgan fingerprint density at radius 1 is 1.15 bits per heavy atom. The van der Waals surface area contributed by atoms with E-state index in [0.717, 1.165) is 27.8 Å². The fourth-order valence-corrected chi connectivity index (χ4v) is 2.52. The third-order valence-corrected chi connectivity index (χ3v) is 3.84. The van der Waals surface area contributed by atoms with Crippen molar-refractivity contribution in [3.63, 3.8) is 0 Å². The van der Waals surface area contributed by atoms with Crippen molar-refractivity contribution < 1.29 is 4.42 Å². The SMILES string of the molecule is Cc1c2cc(Cl)c(=O)cc-2oc2cc(N(C)C)ccc12. The van der Waals surface area contributed by atoms with Gasteiger partial charge in [0.15, 0.2) is 0 Å². The molecule has 0 aromatic heterocycles. The smallest absolute Gasteiger partial charge is 0.200 e. The minimum absolute atomic E-state index is 0.217. The average Bonchev–Trinajstić information content (AvgIpc) is 2.41. The van der Waals surface area contributed by atoms with Crippen LogP contribution in [-0.2, 0) is 0 Å². The Morgan fingerprint density at radius 2 is 1.90 bits per heavy atom. The molecule has 0 saturated carbocycles. The summed E-state index contributed by atoms with van der Waals surface area (Å²) in [5, 5.41) is 1.25. The van der Waals surface area contributed by atoms with Crippen molar-refractivity contribution in [3.05, 3.63) is 51.1 Å². The Kier molecular flexibility index (Phi) is 2.94. The van der Waals surface area contributed by atoms with Gasteiger partial charge in [-0.2, -0.15) is 0 Å². The molecule has 20 heavy (non-hydrogen) atoms. The highest BCUT2D eigenvalue weighted by Crippen LogP contribution is 2.34. The Hall–Kier alpha value is -2.00. The minimum Gasteiger partial charge on any atom is -0.456 e. The summed E-state index contributed by atoms with van der Waals surface area (Å²) in [6.07, 6.45) is 0. The average molecular weight is 288 g/mol. The molecule has 1 aliphatic heterocycles. The summed E-state index contributed by atoms with van der Waals surface area (Å²) < 4.78 is 5.87. The van der Waals surface area contributed by atoms with E-state index >= 15 is 0 Å². The molecule has 2 aliphatic rings. The largest absolute Gasteiger partial charge is 0.456 e. The van der Waals surface area contributed by atoms with Crippen LogP contribution in [0.4, 0.5) is 5.69 Å². The number of rotatable bonds is 1. The molecular formula is C16H14ClNO2. The second-order valence-electron chi connectivity index (χ2n) is 5.08. The van der Waals surface area contributed by atoms with Gasteiger partial charge in [-0.05, 0) is 30.7 Å². The first-order valence-electron chi connectivity index (χ1n) is 6.31. The van der Waals surface area contributed by atoms with E-state index in [9.17, 15) is 4.79 Å². The van der Waals surface area contributed by atoms with Crippen LogP contribution in [-0.4, -0.2) is 14.1 Å². The van der Waals surface area contributed by atoms with Crippen molar-refractivity contribution in [2.75, 3.05) is 19.0 Å². The van der Waals surface area contributed by atoms with E-state index in [1.165, 1.54) is 6.07 Å².